The summed E-state index contributed by atoms with van der Waals surface area (Å²) in [6, 6.07) is 4.39. The van der Waals surface area contributed by atoms with Crippen LogP contribution in [0.1, 0.15) is 29.2 Å². The average Bonchev–Trinajstić information content (AvgIpc) is 2.02. The minimum Gasteiger partial charge on any atom is -0.493 e. The Bertz CT molecular complexity index is 338. The molecule has 0 amide bonds. The lowest BCUT2D eigenvalue weighted by Gasteiger charge is -2.25. The number of hydrogen-bond donors (Lipinski definition) is 1. The van der Waals surface area contributed by atoms with Gasteiger partial charge in [-0.2, -0.15) is 0 Å². The van der Waals surface area contributed by atoms with Gasteiger partial charge in [-0.15, -0.1) is 12.4 Å². The van der Waals surface area contributed by atoms with Crippen LogP contribution in [-0.4, -0.2) is 6.61 Å². The van der Waals surface area contributed by atoms with E-state index in [-0.39, 0.29) is 18.4 Å². The van der Waals surface area contributed by atoms with Crippen molar-refractivity contribution >= 4 is 12.4 Å². The Labute approximate surface area is 90.9 Å². The van der Waals surface area contributed by atoms with E-state index in [1.54, 1.807) is 0 Å². The van der Waals surface area contributed by atoms with Gasteiger partial charge in [0.2, 0.25) is 0 Å². The van der Waals surface area contributed by atoms with Gasteiger partial charge in [0.05, 0.1) is 6.61 Å². The van der Waals surface area contributed by atoms with E-state index in [1.165, 1.54) is 16.7 Å². The Morgan fingerprint density at radius 3 is 2.79 bits per heavy atom. The van der Waals surface area contributed by atoms with Crippen LogP contribution < -0.4 is 10.5 Å². The van der Waals surface area contributed by atoms with Gasteiger partial charge in [-0.25, -0.2) is 0 Å². The van der Waals surface area contributed by atoms with Crippen LogP contribution in [0.4, 0.5) is 0 Å². The number of hydrogen-bond acceptors (Lipinski definition) is 2. The molecular formula is C11H16ClNO. The molecule has 2 N–H and O–H groups in total. The summed E-state index contributed by atoms with van der Waals surface area (Å²) in [5.41, 5.74) is 9.70. The summed E-state index contributed by atoms with van der Waals surface area (Å²) in [5.74, 6) is 0.983. The topological polar surface area (TPSA) is 35.2 Å². The Balaban J connectivity index is 0.000000980. The van der Waals surface area contributed by atoms with Crippen LogP contribution in [0.2, 0.25) is 0 Å². The van der Waals surface area contributed by atoms with E-state index in [0.29, 0.717) is 0 Å². The van der Waals surface area contributed by atoms with Gasteiger partial charge in [-0.1, -0.05) is 6.07 Å². The molecule has 0 unspecified atom stereocenters. The SMILES string of the molecule is Cc1cc(C)c2c(c1)OCC[C@@H]2N.Cl. The molecule has 0 aliphatic carbocycles. The molecule has 1 aliphatic rings. The van der Waals surface area contributed by atoms with Gasteiger partial charge >= 0.3 is 0 Å². The monoisotopic (exact) mass is 213 g/mol. The summed E-state index contributed by atoms with van der Waals surface area (Å²) in [4.78, 5) is 0. The van der Waals surface area contributed by atoms with Gasteiger partial charge in [0.15, 0.2) is 0 Å². The molecule has 1 aliphatic heterocycles. The molecule has 0 radical (unpaired) electrons. The quantitative estimate of drug-likeness (QED) is 0.719. The number of benzene rings is 1. The summed E-state index contributed by atoms with van der Waals surface area (Å²) < 4.78 is 5.58. The standard InChI is InChI=1S/C11H15NO.ClH/c1-7-5-8(2)11-9(12)3-4-13-10(11)6-7;/h5-6,9H,3-4,12H2,1-2H3;1H/t9-;/m0./s1. The highest BCUT2D eigenvalue weighted by molar-refractivity contribution is 5.85. The van der Waals surface area contributed by atoms with Gasteiger partial charge in [0.25, 0.3) is 0 Å². The number of halogens is 1. The zero-order valence-corrected chi connectivity index (χ0v) is 9.36. The summed E-state index contributed by atoms with van der Waals surface area (Å²) >= 11 is 0. The largest absolute Gasteiger partial charge is 0.493 e. The number of ether oxygens (including phenoxy) is 1. The highest BCUT2D eigenvalue weighted by atomic mass is 35.5. The van der Waals surface area contributed by atoms with Crippen LogP contribution >= 0.6 is 12.4 Å². The van der Waals surface area contributed by atoms with Crippen molar-refractivity contribution in [3.63, 3.8) is 0 Å². The summed E-state index contributed by atoms with van der Waals surface area (Å²) in [6.07, 6.45) is 0.927. The van der Waals surface area contributed by atoms with E-state index in [1.807, 2.05) is 0 Å². The molecule has 0 saturated heterocycles. The fourth-order valence-corrected chi connectivity index (χ4v) is 1.97. The molecule has 1 aromatic carbocycles. The van der Waals surface area contributed by atoms with Gasteiger partial charge < -0.3 is 10.5 Å². The van der Waals surface area contributed by atoms with Crippen molar-refractivity contribution in [1.29, 1.82) is 0 Å². The minimum absolute atomic E-state index is 0. The third-order valence-electron chi connectivity index (χ3n) is 2.55. The van der Waals surface area contributed by atoms with Gasteiger partial charge in [0.1, 0.15) is 5.75 Å². The number of rotatable bonds is 0. The Kier molecular flexibility index (Phi) is 3.40. The van der Waals surface area contributed by atoms with E-state index in [9.17, 15) is 0 Å². The average molecular weight is 214 g/mol. The van der Waals surface area contributed by atoms with Crippen molar-refractivity contribution in [2.24, 2.45) is 5.73 Å². The Morgan fingerprint density at radius 1 is 1.36 bits per heavy atom. The predicted octanol–water partition coefficient (Wildman–Crippen LogP) is 2.51. The van der Waals surface area contributed by atoms with Crippen LogP contribution in [0.5, 0.6) is 5.75 Å². The normalized spacial score (nSPS) is 19.2. The van der Waals surface area contributed by atoms with Crippen LogP contribution in [0.25, 0.3) is 0 Å². The van der Waals surface area contributed by atoms with E-state index < -0.39 is 0 Å². The lowest BCUT2D eigenvalue weighted by molar-refractivity contribution is 0.268. The van der Waals surface area contributed by atoms with Crippen molar-refractivity contribution in [2.45, 2.75) is 26.3 Å². The van der Waals surface area contributed by atoms with Crippen molar-refractivity contribution < 1.29 is 4.74 Å². The fourth-order valence-electron chi connectivity index (χ4n) is 1.97. The molecule has 0 saturated carbocycles. The summed E-state index contributed by atoms with van der Waals surface area (Å²) in [5, 5.41) is 0. The van der Waals surface area contributed by atoms with Gasteiger partial charge in [-0.05, 0) is 31.0 Å². The second kappa shape index (κ2) is 4.20. The molecule has 0 spiro atoms. The molecule has 3 heteroatoms. The van der Waals surface area contributed by atoms with Crippen LogP contribution in [0.3, 0.4) is 0 Å². The Morgan fingerprint density at radius 2 is 2.07 bits per heavy atom. The fraction of sp³-hybridized carbons (Fsp3) is 0.455. The van der Waals surface area contributed by atoms with Crippen molar-refractivity contribution in [2.75, 3.05) is 6.61 Å². The smallest absolute Gasteiger partial charge is 0.124 e. The zero-order chi connectivity index (χ0) is 9.42. The maximum atomic E-state index is 6.02. The highest BCUT2D eigenvalue weighted by Crippen LogP contribution is 2.33. The van der Waals surface area contributed by atoms with E-state index in [2.05, 4.69) is 26.0 Å². The van der Waals surface area contributed by atoms with Crippen LogP contribution in [0, 0.1) is 13.8 Å². The second-order valence-electron chi connectivity index (χ2n) is 3.74. The third kappa shape index (κ3) is 1.86. The molecular weight excluding hydrogens is 198 g/mol. The molecule has 1 atom stereocenters. The van der Waals surface area contributed by atoms with Crippen molar-refractivity contribution in [3.05, 3.63) is 28.8 Å². The van der Waals surface area contributed by atoms with Crippen molar-refractivity contribution in [3.8, 4) is 5.75 Å². The molecule has 1 heterocycles. The van der Waals surface area contributed by atoms with E-state index in [0.717, 1.165) is 18.8 Å². The molecule has 2 nitrogen and oxygen atoms in total. The van der Waals surface area contributed by atoms with Crippen LogP contribution in [-0.2, 0) is 0 Å². The molecule has 14 heavy (non-hydrogen) atoms. The first-order chi connectivity index (χ1) is 6.18. The van der Waals surface area contributed by atoms with E-state index >= 15 is 0 Å². The molecule has 1 aromatic rings. The molecule has 0 bridgehead atoms. The van der Waals surface area contributed by atoms with Crippen molar-refractivity contribution in [1.82, 2.24) is 0 Å². The summed E-state index contributed by atoms with van der Waals surface area (Å²) in [7, 11) is 0. The summed E-state index contributed by atoms with van der Waals surface area (Å²) in [6.45, 7) is 4.92. The first-order valence-corrected chi connectivity index (χ1v) is 4.68. The molecule has 0 aromatic heterocycles. The lowest BCUT2D eigenvalue weighted by Crippen LogP contribution is -2.21. The van der Waals surface area contributed by atoms with Gasteiger partial charge in [0, 0.05) is 18.0 Å². The third-order valence-corrected chi connectivity index (χ3v) is 2.55. The lowest BCUT2D eigenvalue weighted by atomic mass is 9.95. The first-order valence-electron chi connectivity index (χ1n) is 4.68. The zero-order valence-electron chi connectivity index (χ0n) is 8.54. The molecule has 2 rings (SSSR count). The number of nitrogens with two attached hydrogens (primary N) is 1. The second-order valence-corrected chi connectivity index (χ2v) is 3.74. The first kappa shape index (κ1) is 11.3. The number of fused-ring (bicyclic) bond motifs is 1. The maximum Gasteiger partial charge on any atom is 0.124 e. The number of aryl methyl sites for hydroxylation is 2. The minimum atomic E-state index is 0. The molecule has 78 valence electrons. The molecule has 0 fully saturated rings. The van der Waals surface area contributed by atoms with Crippen LogP contribution in [0.15, 0.2) is 12.1 Å². The Hall–Kier alpha value is -0.730. The maximum absolute atomic E-state index is 6.02. The highest BCUT2D eigenvalue weighted by Gasteiger charge is 2.19. The van der Waals surface area contributed by atoms with E-state index in [4.69, 9.17) is 10.5 Å². The van der Waals surface area contributed by atoms with Gasteiger partial charge in [-0.3, -0.25) is 0 Å². The predicted molar refractivity (Wildman–Crippen MR) is 60.2 cm³/mol.